The van der Waals surface area contributed by atoms with Gasteiger partial charge in [0.05, 0.1) is 13.1 Å². The van der Waals surface area contributed by atoms with Crippen LogP contribution in [0.25, 0.3) is 0 Å². The molecule has 0 atom stereocenters. The summed E-state index contributed by atoms with van der Waals surface area (Å²) in [5.74, 6) is 1.59. The molecule has 0 saturated carbocycles. The van der Waals surface area contributed by atoms with Gasteiger partial charge >= 0.3 is 0 Å². The molecular weight excluding hydrogens is 264 g/mol. The quantitative estimate of drug-likeness (QED) is 0.807. The summed E-state index contributed by atoms with van der Waals surface area (Å²) in [5, 5.41) is 7.98. The van der Waals surface area contributed by atoms with Gasteiger partial charge in [-0.2, -0.15) is 0 Å². The van der Waals surface area contributed by atoms with Crippen molar-refractivity contribution in [3.05, 3.63) is 47.5 Å². The van der Waals surface area contributed by atoms with Gasteiger partial charge in [-0.1, -0.05) is 38.1 Å². The topological polar surface area (TPSA) is 51.0 Å². The lowest BCUT2D eigenvalue weighted by Gasteiger charge is -2.26. The minimum atomic E-state index is 0.165. The zero-order valence-electron chi connectivity index (χ0n) is 12.5. The van der Waals surface area contributed by atoms with E-state index in [2.05, 4.69) is 28.9 Å². The summed E-state index contributed by atoms with van der Waals surface area (Å²) in [4.78, 5) is 14.5. The smallest absolute Gasteiger partial charge is 0.176 e. The molecule has 1 aromatic heterocycles. The molecular formula is C16H20N4O. The summed E-state index contributed by atoms with van der Waals surface area (Å²) in [6.07, 6.45) is 1.75. The van der Waals surface area contributed by atoms with Crippen molar-refractivity contribution in [1.29, 1.82) is 0 Å². The van der Waals surface area contributed by atoms with Crippen molar-refractivity contribution in [2.75, 3.05) is 13.1 Å². The van der Waals surface area contributed by atoms with Crippen molar-refractivity contribution in [2.24, 2.45) is 0 Å². The predicted octanol–water partition coefficient (Wildman–Crippen LogP) is 2.10. The maximum atomic E-state index is 12.4. The maximum Gasteiger partial charge on any atom is 0.176 e. The number of ketones is 1. The zero-order valence-corrected chi connectivity index (χ0v) is 12.5. The third kappa shape index (κ3) is 3.03. The van der Waals surface area contributed by atoms with Gasteiger partial charge in [0, 0.05) is 18.7 Å². The Hall–Kier alpha value is -2.01. The van der Waals surface area contributed by atoms with Crippen LogP contribution in [-0.4, -0.2) is 38.5 Å². The monoisotopic (exact) mass is 284 g/mol. The molecule has 0 unspecified atom stereocenters. The summed E-state index contributed by atoms with van der Waals surface area (Å²) in [6, 6.07) is 7.96. The zero-order chi connectivity index (χ0) is 14.8. The van der Waals surface area contributed by atoms with Crippen LogP contribution in [0.1, 0.15) is 41.5 Å². The number of aromatic nitrogens is 3. The fourth-order valence-corrected chi connectivity index (χ4v) is 2.60. The molecule has 0 amide bonds. The molecule has 0 saturated heterocycles. The average molecular weight is 284 g/mol. The Morgan fingerprint density at radius 2 is 2.00 bits per heavy atom. The SMILES string of the molecule is CC(C)c1ccc(C(=O)CN2CCn3cnnc3C2)cc1. The third-order valence-electron chi connectivity index (χ3n) is 3.98. The van der Waals surface area contributed by atoms with Gasteiger partial charge in [-0.3, -0.25) is 9.69 Å². The largest absolute Gasteiger partial charge is 0.315 e. The Kier molecular flexibility index (Phi) is 3.84. The van der Waals surface area contributed by atoms with Crippen LogP contribution in [0.4, 0.5) is 0 Å². The first-order valence-corrected chi connectivity index (χ1v) is 7.35. The first kappa shape index (κ1) is 13.9. The fraction of sp³-hybridized carbons (Fsp3) is 0.438. The van der Waals surface area contributed by atoms with Gasteiger partial charge in [-0.25, -0.2) is 0 Å². The van der Waals surface area contributed by atoms with Gasteiger partial charge in [0.2, 0.25) is 0 Å². The lowest BCUT2D eigenvalue weighted by atomic mass is 10.0. The molecule has 2 aromatic rings. The summed E-state index contributed by atoms with van der Waals surface area (Å²) >= 11 is 0. The van der Waals surface area contributed by atoms with E-state index in [0.29, 0.717) is 19.0 Å². The van der Waals surface area contributed by atoms with Crippen molar-refractivity contribution in [3.63, 3.8) is 0 Å². The molecule has 2 heterocycles. The molecule has 0 spiro atoms. The lowest BCUT2D eigenvalue weighted by Crippen LogP contribution is -2.37. The van der Waals surface area contributed by atoms with E-state index < -0.39 is 0 Å². The Morgan fingerprint density at radius 1 is 1.24 bits per heavy atom. The Bertz CT molecular complexity index is 630. The van der Waals surface area contributed by atoms with E-state index in [1.54, 1.807) is 6.33 Å². The second kappa shape index (κ2) is 5.77. The van der Waals surface area contributed by atoms with Crippen LogP contribution in [-0.2, 0) is 13.1 Å². The number of fused-ring (bicyclic) bond motifs is 1. The van der Waals surface area contributed by atoms with E-state index in [0.717, 1.165) is 24.5 Å². The standard InChI is InChI=1S/C16H20N4O/c1-12(2)13-3-5-14(6-4-13)15(21)9-19-7-8-20-11-17-18-16(20)10-19/h3-6,11-12H,7-10H2,1-2H3. The summed E-state index contributed by atoms with van der Waals surface area (Å²) in [7, 11) is 0. The van der Waals surface area contributed by atoms with E-state index in [1.165, 1.54) is 5.56 Å². The van der Waals surface area contributed by atoms with Crippen LogP contribution in [0.2, 0.25) is 0 Å². The number of Topliss-reactive ketones (excluding diaryl/α,β-unsaturated/α-hetero) is 1. The minimum absolute atomic E-state index is 0.165. The molecule has 21 heavy (non-hydrogen) atoms. The molecule has 0 aliphatic carbocycles. The molecule has 1 aliphatic heterocycles. The van der Waals surface area contributed by atoms with Crippen LogP contribution in [0, 0.1) is 0 Å². The van der Waals surface area contributed by atoms with Crippen molar-refractivity contribution < 1.29 is 4.79 Å². The fourth-order valence-electron chi connectivity index (χ4n) is 2.60. The molecule has 0 fully saturated rings. The number of hydrogen-bond acceptors (Lipinski definition) is 4. The normalized spacial score (nSPS) is 15.2. The van der Waals surface area contributed by atoms with Crippen molar-refractivity contribution in [2.45, 2.75) is 32.9 Å². The van der Waals surface area contributed by atoms with E-state index >= 15 is 0 Å². The molecule has 1 aromatic carbocycles. The Morgan fingerprint density at radius 3 is 2.71 bits per heavy atom. The molecule has 0 radical (unpaired) electrons. The first-order valence-electron chi connectivity index (χ1n) is 7.35. The number of carbonyl (C=O) groups excluding carboxylic acids is 1. The highest BCUT2D eigenvalue weighted by Gasteiger charge is 2.20. The highest BCUT2D eigenvalue weighted by molar-refractivity contribution is 5.97. The lowest BCUT2D eigenvalue weighted by molar-refractivity contribution is 0.0908. The minimum Gasteiger partial charge on any atom is -0.315 e. The summed E-state index contributed by atoms with van der Waals surface area (Å²) in [6.45, 7) is 7.15. The highest BCUT2D eigenvalue weighted by Crippen LogP contribution is 2.16. The third-order valence-corrected chi connectivity index (χ3v) is 3.98. The van der Waals surface area contributed by atoms with Crippen LogP contribution in [0.3, 0.4) is 0 Å². The average Bonchev–Trinajstić information content (AvgIpc) is 2.95. The molecule has 3 rings (SSSR count). The van der Waals surface area contributed by atoms with Crippen molar-refractivity contribution in [1.82, 2.24) is 19.7 Å². The summed E-state index contributed by atoms with van der Waals surface area (Å²) < 4.78 is 2.04. The van der Waals surface area contributed by atoms with Crippen molar-refractivity contribution in [3.8, 4) is 0 Å². The van der Waals surface area contributed by atoms with Crippen LogP contribution in [0.5, 0.6) is 0 Å². The van der Waals surface area contributed by atoms with Crippen LogP contribution in [0.15, 0.2) is 30.6 Å². The number of rotatable bonds is 4. The van der Waals surface area contributed by atoms with Gasteiger partial charge in [-0.15, -0.1) is 10.2 Å². The molecule has 5 nitrogen and oxygen atoms in total. The van der Waals surface area contributed by atoms with Gasteiger partial charge in [0.15, 0.2) is 5.78 Å². The van der Waals surface area contributed by atoms with E-state index in [-0.39, 0.29) is 5.78 Å². The van der Waals surface area contributed by atoms with Gasteiger partial charge in [-0.05, 0) is 11.5 Å². The second-order valence-electron chi connectivity index (χ2n) is 5.85. The number of hydrogen-bond donors (Lipinski definition) is 0. The number of carbonyl (C=O) groups is 1. The predicted molar refractivity (Wildman–Crippen MR) is 80.2 cm³/mol. The van der Waals surface area contributed by atoms with Gasteiger partial charge in [0.25, 0.3) is 0 Å². The van der Waals surface area contributed by atoms with E-state index in [1.807, 2.05) is 28.8 Å². The maximum absolute atomic E-state index is 12.4. The molecule has 110 valence electrons. The number of nitrogens with zero attached hydrogens (tertiary/aromatic N) is 4. The molecule has 0 N–H and O–H groups in total. The molecule has 1 aliphatic rings. The summed E-state index contributed by atoms with van der Waals surface area (Å²) in [5.41, 5.74) is 2.05. The molecule has 5 heteroatoms. The first-order chi connectivity index (χ1) is 10.1. The number of benzene rings is 1. The van der Waals surface area contributed by atoms with Crippen molar-refractivity contribution >= 4 is 5.78 Å². The Balaban J connectivity index is 1.64. The van der Waals surface area contributed by atoms with Gasteiger partial charge < -0.3 is 4.57 Å². The highest BCUT2D eigenvalue weighted by atomic mass is 16.1. The van der Waals surface area contributed by atoms with E-state index in [4.69, 9.17) is 0 Å². The van der Waals surface area contributed by atoms with E-state index in [9.17, 15) is 4.79 Å². The molecule has 0 bridgehead atoms. The van der Waals surface area contributed by atoms with Crippen LogP contribution >= 0.6 is 0 Å². The second-order valence-corrected chi connectivity index (χ2v) is 5.85. The Labute approximate surface area is 124 Å². The van der Waals surface area contributed by atoms with Gasteiger partial charge in [0.1, 0.15) is 12.2 Å². The van der Waals surface area contributed by atoms with Crippen LogP contribution < -0.4 is 0 Å².